The van der Waals surface area contributed by atoms with Crippen molar-refractivity contribution in [2.45, 2.75) is 6.42 Å². The van der Waals surface area contributed by atoms with E-state index in [-0.39, 0.29) is 5.91 Å². The van der Waals surface area contributed by atoms with Crippen LogP contribution >= 0.6 is 0 Å². The topological polar surface area (TPSA) is 51.0 Å². The van der Waals surface area contributed by atoms with E-state index < -0.39 is 0 Å². The average Bonchev–Trinajstić information content (AvgIpc) is 2.93. The zero-order chi connectivity index (χ0) is 15.5. The average molecular weight is 294 g/mol. The molecule has 2 aromatic heterocycles. The molecule has 0 atom stereocenters. The Balaban J connectivity index is 1.71. The number of aryl methyl sites for hydroxylation is 1. The van der Waals surface area contributed by atoms with Crippen LogP contribution in [0.5, 0.6) is 0 Å². The first-order valence-electron chi connectivity index (χ1n) is 7.20. The number of amides is 1. The number of aromatic nitrogens is 3. The summed E-state index contributed by atoms with van der Waals surface area (Å²) in [5.41, 5.74) is 3.71. The van der Waals surface area contributed by atoms with E-state index in [2.05, 4.69) is 9.97 Å². The van der Waals surface area contributed by atoms with Crippen LogP contribution in [0, 0.1) is 0 Å². The SMILES string of the molecule is CN(CCc1ccncc1)C(=O)c1ccc2c(c1)ncn2C. The van der Waals surface area contributed by atoms with Crippen molar-refractivity contribution >= 4 is 16.9 Å². The first-order valence-corrected chi connectivity index (χ1v) is 7.20. The molecule has 0 N–H and O–H groups in total. The molecular weight excluding hydrogens is 276 g/mol. The molecule has 3 rings (SSSR count). The molecule has 0 aliphatic carbocycles. The van der Waals surface area contributed by atoms with Crippen LogP contribution in [0.15, 0.2) is 49.1 Å². The second-order valence-corrected chi connectivity index (χ2v) is 5.39. The maximum absolute atomic E-state index is 12.5. The van der Waals surface area contributed by atoms with Crippen LogP contribution in [-0.2, 0) is 13.5 Å². The molecule has 0 fully saturated rings. The molecule has 22 heavy (non-hydrogen) atoms. The number of carbonyl (C=O) groups excluding carboxylic acids is 1. The van der Waals surface area contributed by atoms with Crippen LogP contribution in [0.3, 0.4) is 0 Å². The summed E-state index contributed by atoms with van der Waals surface area (Å²) in [4.78, 5) is 22.5. The van der Waals surface area contributed by atoms with Gasteiger partial charge in [0.2, 0.25) is 0 Å². The fraction of sp³-hybridized carbons (Fsp3) is 0.235. The summed E-state index contributed by atoms with van der Waals surface area (Å²) in [6, 6.07) is 9.58. The highest BCUT2D eigenvalue weighted by atomic mass is 16.2. The lowest BCUT2D eigenvalue weighted by Crippen LogP contribution is -2.28. The van der Waals surface area contributed by atoms with Crippen molar-refractivity contribution in [2.75, 3.05) is 13.6 Å². The predicted octanol–water partition coefficient (Wildman–Crippen LogP) is 2.28. The zero-order valence-corrected chi connectivity index (χ0v) is 12.7. The van der Waals surface area contributed by atoms with Crippen molar-refractivity contribution in [3.8, 4) is 0 Å². The molecule has 0 aliphatic rings. The van der Waals surface area contributed by atoms with Crippen LogP contribution in [0.2, 0.25) is 0 Å². The highest BCUT2D eigenvalue weighted by Gasteiger charge is 2.13. The Bertz CT molecular complexity index is 795. The van der Waals surface area contributed by atoms with E-state index in [0.717, 1.165) is 17.5 Å². The van der Waals surface area contributed by atoms with Gasteiger partial charge in [-0.15, -0.1) is 0 Å². The standard InChI is InChI=1S/C17H18N4O/c1-20(10-7-13-5-8-18-9-6-13)17(22)14-3-4-16-15(11-14)19-12-21(16)2/h3-6,8-9,11-12H,7,10H2,1-2H3. The molecule has 0 aliphatic heterocycles. The molecule has 0 saturated carbocycles. The van der Waals surface area contributed by atoms with Crippen molar-refractivity contribution in [3.63, 3.8) is 0 Å². The number of carbonyl (C=O) groups is 1. The van der Waals surface area contributed by atoms with Gasteiger partial charge in [0.1, 0.15) is 0 Å². The van der Waals surface area contributed by atoms with E-state index in [0.29, 0.717) is 12.1 Å². The second-order valence-electron chi connectivity index (χ2n) is 5.39. The highest BCUT2D eigenvalue weighted by molar-refractivity contribution is 5.97. The second kappa shape index (κ2) is 5.97. The maximum Gasteiger partial charge on any atom is 0.253 e. The molecule has 1 amide bonds. The smallest absolute Gasteiger partial charge is 0.253 e. The molecular formula is C17H18N4O. The van der Waals surface area contributed by atoms with Crippen molar-refractivity contribution in [3.05, 3.63) is 60.2 Å². The number of likely N-dealkylation sites (N-methyl/N-ethyl adjacent to an activating group) is 1. The van der Waals surface area contributed by atoms with Gasteiger partial charge in [-0.2, -0.15) is 0 Å². The number of nitrogens with zero attached hydrogens (tertiary/aromatic N) is 4. The van der Waals surface area contributed by atoms with Gasteiger partial charge in [-0.25, -0.2) is 4.98 Å². The van der Waals surface area contributed by atoms with Crippen molar-refractivity contribution in [1.82, 2.24) is 19.4 Å². The summed E-state index contributed by atoms with van der Waals surface area (Å²) in [6.45, 7) is 0.670. The van der Waals surface area contributed by atoms with Gasteiger partial charge in [0.15, 0.2) is 0 Å². The number of fused-ring (bicyclic) bond motifs is 1. The van der Waals surface area contributed by atoms with Crippen LogP contribution in [-0.4, -0.2) is 38.9 Å². The fourth-order valence-corrected chi connectivity index (χ4v) is 2.44. The van der Waals surface area contributed by atoms with Gasteiger partial charge in [0.25, 0.3) is 5.91 Å². The van der Waals surface area contributed by atoms with Crippen LogP contribution in [0.4, 0.5) is 0 Å². The molecule has 0 radical (unpaired) electrons. The number of pyridine rings is 1. The summed E-state index contributed by atoms with van der Waals surface area (Å²) in [5, 5.41) is 0. The minimum absolute atomic E-state index is 0.0154. The summed E-state index contributed by atoms with van der Waals surface area (Å²) in [7, 11) is 3.77. The quantitative estimate of drug-likeness (QED) is 0.742. The molecule has 0 spiro atoms. The fourth-order valence-electron chi connectivity index (χ4n) is 2.44. The minimum Gasteiger partial charge on any atom is -0.341 e. The van der Waals surface area contributed by atoms with Crippen LogP contribution in [0.1, 0.15) is 15.9 Å². The summed E-state index contributed by atoms with van der Waals surface area (Å²) < 4.78 is 1.94. The van der Waals surface area contributed by atoms with E-state index in [1.54, 1.807) is 23.6 Å². The molecule has 2 heterocycles. The molecule has 5 heteroatoms. The summed E-state index contributed by atoms with van der Waals surface area (Å²) in [5.74, 6) is 0.0154. The third-order valence-electron chi connectivity index (χ3n) is 3.80. The van der Waals surface area contributed by atoms with Gasteiger partial charge in [-0.05, 0) is 42.3 Å². The predicted molar refractivity (Wildman–Crippen MR) is 85.6 cm³/mol. The van der Waals surface area contributed by atoms with Gasteiger partial charge in [0.05, 0.1) is 17.4 Å². The molecule has 3 aromatic rings. The Hall–Kier alpha value is -2.69. The zero-order valence-electron chi connectivity index (χ0n) is 12.7. The lowest BCUT2D eigenvalue weighted by molar-refractivity contribution is 0.0797. The van der Waals surface area contributed by atoms with Gasteiger partial charge < -0.3 is 9.47 Å². The number of rotatable bonds is 4. The van der Waals surface area contributed by atoms with E-state index in [4.69, 9.17) is 0 Å². The van der Waals surface area contributed by atoms with Gasteiger partial charge in [-0.3, -0.25) is 9.78 Å². The van der Waals surface area contributed by atoms with Gasteiger partial charge >= 0.3 is 0 Å². The van der Waals surface area contributed by atoms with Crippen molar-refractivity contribution in [2.24, 2.45) is 7.05 Å². The normalized spacial score (nSPS) is 10.8. The van der Waals surface area contributed by atoms with Crippen molar-refractivity contribution < 1.29 is 4.79 Å². The van der Waals surface area contributed by atoms with E-state index >= 15 is 0 Å². The minimum atomic E-state index is 0.0154. The molecule has 1 aromatic carbocycles. The van der Waals surface area contributed by atoms with Gasteiger partial charge in [-0.1, -0.05) is 0 Å². The number of hydrogen-bond donors (Lipinski definition) is 0. The summed E-state index contributed by atoms with van der Waals surface area (Å²) in [6.07, 6.45) is 6.11. The van der Waals surface area contributed by atoms with Crippen LogP contribution < -0.4 is 0 Å². The molecule has 0 saturated heterocycles. The van der Waals surface area contributed by atoms with Crippen molar-refractivity contribution in [1.29, 1.82) is 0 Å². The largest absolute Gasteiger partial charge is 0.341 e. The van der Waals surface area contributed by atoms with Gasteiger partial charge in [0, 0.05) is 38.6 Å². The molecule has 5 nitrogen and oxygen atoms in total. The summed E-state index contributed by atoms with van der Waals surface area (Å²) >= 11 is 0. The monoisotopic (exact) mass is 294 g/mol. The first kappa shape index (κ1) is 14.3. The Labute approximate surface area is 129 Å². The van der Waals surface area contributed by atoms with Crippen LogP contribution in [0.25, 0.3) is 11.0 Å². The first-order chi connectivity index (χ1) is 10.6. The van der Waals surface area contributed by atoms with E-state index in [9.17, 15) is 4.79 Å². The number of hydrogen-bond acceptors (Lipinski definition) is 3. The Morgan fingerprint density at radius 3 is 2.77 bits per heavy atom. The Morgan fingerprint density at radius 2 is 2.00 bits per heavy atom. The third kappa shape index (κ3) is 2.83. The number of benzene rings is 1. The highest BCUT2D eigenvalue weighted by Crippen LogP contribution is 2.15. The lowest BCUT2D eigenvalue weighted by atomic mass is 10.1. The molecule has 0 bridgehead atoms. The number of imidazole rings is 1. The van der Waals surface area contributed by atoms with E-state index in [1.807, 2.05) is 49.0 Å². The third-order valence-corrected chi connectivity index (χ3v) is 3.80. The maximum atomic E-state index is 12.5. The lowest BCUT2D eigenvalue weighted by Gasteiger charge is -2.17. The Kier molecular flexibility index (Phi) is 3.87. The molecule has 0 unspecified atom stereocenters. The Morgan fingerprint density at radius 1 is 1.23 bits per heavy atom. The molecule has 112 valence electrons. The van der Waals surface area contributed by atoms with E-state index in [1.165, 1.54) is 5.56 Å².